The molecule has 2 N–H and O–H groups in total. The molecule has 0 radical (unpaired) electrons. The van der Waals surface area contributed by atoms with E-state index >= 15 is 0 Å². The van der Waals surface area contributed by atoms with Crippen LogP contribution in [0.2, 0.25) is 0 Å². The van der Waals surface area contributed by atoms with E-state index in [2.05, 4.69) is 0 Å². The van der Waals surface area contributed by atoms with Gasteiger partial charge in [0, 0.05) is 13.1 Å². The molecule has 1 aromatic carbocycles. The number of hydrogen-bond donors (Lipinski definition) is 2. The first-order valence-electron chi connectivity index (χ1n) is 6.52. The monoisotopic (exact) mass is 267 g/mol. The Kier molecular flexibility index (Phi) is 3.93. The van der Waals surface area contributed by atoms with Crippen molar-refractivity contribution in [3.05, 3.63) is 29.1 Å². The highest BCUT2D eigenvalue weighted by Crippen LogP contribution is 2.34. The van der Waals surface area contributed by atoms with E-state index in [0.29, 0.717) is 37.9 Å². The first-order valence-corrected chi connectivity index (χ1v) is 6.52. The lowest BCUT2D eigenvalue weighted by Crippen LogP contribution is -2.37. The van der Waals surface area contributed by atoms with E-state index in [0.717, 1.165) is 5.56 Å². The van der Waals surface area contributed by atoms with Crippen LogP contribution in [0, 0.1) is 5.82 Å². The number of phenolic OH excluding ortho intramolecular Hbond substituents is 1. The van der Waals surface area contributed by atoms with Gasteiger partial charge < -0.3 is 15.1 Å². The number of benzene rings is 1. The van der Waals surface area contributed by atoms with Crippen LogP contribution in [0.3, 0.4) is 0 Å². The third-order valence-corrected chi connectivity index (χ3v) is 3.82. The molecule has 0 saturated carbocycles. The number of likely N-dealkylation sites (tertiary alicyclic amines) is 1. The maximum atomic E-state index is 13.9. The molecular formula is C14H18FNO3. The third-order valence-electron chi connectivity index (χ3n) is 3.82. The SMILES string of the molecule is CCc1c(C2CCN(C(=O)O)CC2)ccc(O)c1F. The van der Waals surface area contributed by atoms with Gasteiger partial charge in [-0.2, -0.15) is 0 Å². The summed E-state index contributed by atoms with van der Waals surface area (Å²) >= 11 is 0. The average Bonchev–Trinajstić information content (AvgIpc) is 2.41. The lowest BCUT2D eigenvalue weighted by Gasteiger charge is -2.31. The second-order valence-corrected chi connectivity index (χ2v) is 4.86. The lowest BCUT2D eigenvalue weighted by atomic mass is 9.85. The molecule has 4 nitrogen and oxygen atoms in total. The molecule has 0 aliphatic carbocycles. The highest BCUT2D eigenvalue weighted by Gasteiger charge is 2.26. The van der Waals surface area contributed by atoms with Crippen LogP contribution in [0.4, 0.5) is 9.18 Å². The average molecular weight is 267 g/mol. The zero-order valence-electron chi connectivity index (χ0n) is 10.9. The van der Waals surface area contributed by atoms with Crippen molar-refractivity contribution in [2.75, 3.05) is 13.1 Å². The van der Waals surface area contributed by atoms with E-state index in [-0.39, 0.29) is 11.7 Å². The van der Waals surface area contributed by atoms with Crippen LogP contribution in [-0.4, -0.2) is 34.3 Å². The highest BCUT2D eigenvalue weighted by molar-refractivity contribution is 5.65. The van der Waals surface area contributed by atoms with Gasteiger partial charge in [0.1, 0.15) is 0 Å². The predicted molar refractivity (Wildman–Crippen MR) is 69.0 cm³/mol. The molecule has 19 heavy (non-hydrogen) atoms. The predicted octanol–water partition coefficient (Wildman–Crippen LogP) is 2.95. The van der Waals surface area contributed by atoms with Gasteiger partial charge in [-0.3, -0.25) is 0 Å². The molecule has 1 aromatic rings. The van der Waals surface area contributed by atoms with Crippen LogP contribution < -0.4 is 0 Å². The van der Waals surface area contributed by atoms with Crippen molar-refractivity contribution in [1.29, 1.82) is 0 Å². The van der Waals surface area contributed by atoms with Crippen LogP contribution >= 0.6 is 0 Å². The molecule has 0 unspecified atom stereocenters. The molecule has 0 bridgehead atoms. The topological polar surface area (TPSA) is 60.8 Å². The molecule has 0 spiro atoms. The summed E-state index contributed by atoms with van der Waals surface area (Å²) in [7, 11) is 0. The first-order chi connectivity index (χ1) is 9.04. The summed E-state index contributed by atoms with van der Waals surface area (Å²) in [6, 6.07) is 3.14. The summed E-state index contributed by atoms with van der Waals surface area (Å²) in [5, 5.41) is 18.3. The molecule has 1 aliphatic rings. The smallest absolute Gasteiger partial charge is 0.407 e. The Morgan fingerprint density at radius 1 is 1.42 bits per heavy atom. The van der Waals surface area contributed by atoms with Gasteiger partial charge in [-0.05, 0) is 42.4 Å². The van der Waals surface area contributed by atoms with Gasteiger partial charge in [0.15, 0.2) is 11.6 Å². The van der Waals surface area contributed by atoms with Crippen molar-refractivity contribution in [3.8, 4) is 5.75 Å². The Bertz CT molecular complexity index is 482. The van der Waals surface area contributed by atoms with Crippen LogP contribution in [-0.2, 0) is 6.42 Å². The number of nitrogens with zero attached hydrogens (tertiary/aromatic N) is 1. The largest absolute Gasteiger partial charge is 0.505 e. The molecule has 0 aromatic heterocycles. The Morgan fingerprint density at radius 2 is 2.05 bits per heavy atom. The molecule has 1 fully saturated rings. The number of carboxylic acid groups (broad SMARTS) is 1. The Hall–Kier alpha value is -1.78. The summed E-state index contributed by atoms with van der Waals surface area (Å²) in [6.07, 6.45) is 1.02. The van der Waals surface area contributed by atoms with Gasteiger partial charge in [-0.1, -0.05) is 13.0 Å². The molecule has 104 valence electrons. The van der Waals surface area contributed by atoms with E-state index < -0.39 is 11.9 Å². The van der Waals surface area contributed by atoms with Gasteiger partial charge >= 0.3 is 6.09 Å². The number of hydrogen-bond acceptors (Lipinski definition) is 2. The highest BCUT2D eigenvalue weighted by atomic mass is 19.1. The summed E-state index contributed by atoms with van der Waals surface area (Å²) in [5.74, 6) is -0.690. The standard InChI is InChI=1S/C14H18FNO3/c1-2-10-11(3-4-12(17)13(10)15)9-5-7-16(8-6-9)14(18)19/h3-4,9,17H,2,5-8H2,1H3,(H,18,19). The van der Waals surface area contributed by atoms with Crippen LogP contribution in [0.25, 0.3) is 0 Å². The van der Waals surface area contributed by atoms with Gasteiger partial charge in [0.2, 0.25) is 0 Å². The summed E-state index contributed by atoms with van der Waals surface area (Å²) in [6.45, 7) is 2.81. The zero-order valence-corrected chi connectivity index (χ0v) is 10.9. The van der Waals surface area contributed by atoms with Crippen LogP contribution in [0.5, 0.6) is 5.75 Å². The fourth-order valence-electron chi connectivity index (χ4n) is 2.75. The Morgan fingerprint density at radius 3 is 2.58 bits per heavy atom. The van der Waals surface area contributed by atoms with E-state index in [9.17, 15) is 14.3 Å². The van der Waals surface area contributed by atoms with Gasteiger partial charge in [-0.25, -0.2) is 9.18 Å². The first kappa shape index (κ1) is 13.6. The summed E-state index contributed by atoms with van der Waals surface area (Å²) in [5.41, 5.74) is 1.46. The Labute approximate surface area is 111 Å². The fourth-order valence-corrected chi connectivity index (χ4v) is 2.75. The van der Waals surface area contributed by atoms with E-state index in [4.69, 9.17) is 5.11 Å². The quantitative estimate of drug-likeness (QED) is 0.866. The molecule has 5 heteroatoms. The number of carbonyl (C=O) groups is 1. The van der Waals surface area contributed by atoms with Crippen LogP contribution in [0.1, 0.15) is 36.8 Å². The number of rotatable bonds is 2. The third kappa shape index (κ3) is 2.64. The van der Waals surface area contributed by atoms with Crippen molar-refractivity contribution < 1.29 is 19.4 Å². The molecule has 2 rings (SSSR count). The minimum Gasteiger partial charge on any atom is -0.505 e. The maximum absolute atomic E-state index is 13.9. The summed E-state index contributed by atoms with van der Waals surface area (Å²) < 4.78 is 13.9. The van der Waals surface area contributed by atoms with E-state index in [1.807, 2.05) is 6.92 Å². The van der Waals surface area contributed by atoms with E-state index in [1.165, 1.54) is 11.0 Å². The molecule has 0 atom stereocenters. The van der Waals surface area contributed by atoms with Gasteiger partial charge in [0.25, 0.3) is 0 Å². The molecule has 1 heterocycles. The minimum absolute atomic E-state index is 0.167. The molecule has 1 aliphatic heterocycles. The number of piperidine rings is 1. The normalized spacial score (nSPS) is 16.6. The number of halogens is 1. The van der Waals surface area contributed by atoms with Gasteiger partial charge in [-0.15, -0.1) is 0 Å². The van der Waals surface area contributed by atoms with Gasteiger partial charge in [0.05, 0.1) is 0 Å². The maximum Gasteiger partial charge on any atom is 0.407 e. The Balaban J connectivity index is 2.20. The molecule has 1 amide bonds. The van der Waals surface area contributed by atoms with E-state index in [1.54, 1.807) is 6.07 Å². The number of phenols is 1. The van der Waals surface area contributed by atoms with Crippen molar-refractivity contribution >= 4 is 6.09 Å². The van der Waals surface area contributed by atoms with Crippen LogP contribution in [0.15, 0.2) is 12.1 Å². The number of aromatic hydroxyl groups is 1. The fraction of sp³-hybridized carbons (Fsp3) is 0.500. The molecular weight excluding hydrogens is 249 g/mol. The summed E-state index contributed by atoms with van der Waals surface area (Å²) in [4.78, 5) is 12.2. The van der Waals surface area contributed by atoms with Crippen molar-refractivity contribution in [2.45, 2.75) is 32.1 Å². The molecule has 1 saturated heterocycles. The zero-order chi connectivity index (χ0) is 14.0. The second-order valence-electron chi connectivity index (χ2n) is 4.86. The lowest BCUT2D eigenvalue weighted by molar-refractivity contribution is 0.132. The number of amides is 1. The second kappa shape index (κ2) is 5.47. The van der Waals surface area contributed by atoms with Crippen molar-refractivity contribution in [2.24, 2.45) is 0 Å². The van der Waals surface area contributed by atoms with Crippen molar-refractivity contribution in [1.82, 2.24) is 4.90 Å². The van der Waals surface area contributed by atoms with Crippen molar-refractivity contribution in [3.63, 3.8) is 0 Å². The minimum atomic E-state index is -0.897.